The van der Waals surface area contributed by atoms with E-state index in [1.165, 1.54) is 411 Å². The summed E-state index contributed by atoms with van der Waals surface area (Å²) < 4.78 is 0. The number of nitrogens with two attached hydrogens (primary N) is 1. The Labute approximate surface area is 882 Å². The number of fused-ring (bicyclic) bond motifs is 1. The van der Waals surface area contributed by atoms with Gasteiger partial charge in [0, 0.05) is 25.9 Å². The molecule has 0 saturated heterocycles. The number of carbonyl (C=O) groups excluding carboxylic acids is 3. The van der Waals surface area contributed by atoms with Crippen LogP contribution in [0, 0.1) is 0 Å². The lowest BCUT2D eigenvalue weighted by molar-refractivity contribution is -0.137. The molecule has 0 spiro atoms. The van der Waals surface area contributed by atoms with Crippen LogP contribution in [0.1, 0.15) is 590 Å². The van der Waals surface area contributed by atoms with E-state index < -0.39 is 0 Å². The van der Waals surface area contributed by atoms with Crippen molar-refractivity contribution in [3.8, 4) is 0 Å². The first kappa shape index (κ1) is 138. The normalized spacial score (nSPS) is 12.9. The van der Waals surface area contributed by atoms with Gasteiger partial charge in [-0.3, -0.25) is 19.2 Å². The van der Waals surface area contributed by atoms with Crippen molar-refractivity contribution < 1.29 is 28.9 Å². The van der Waals surface area contributed by atoms with Crippen LogP contribution in [0.5, 0.6) is 0 Å². The quantitative estimate of drug-likeness (QED) is 0.0223. The number of hydroxylamine groups is 2. The Balaban J connectivity index is 0. The van der Waals surface area contributed by atoms with Gasteiger partial charge in [0.05, 0.1) is 29.0 Å². The zero-order valence-corrected chi connectivity index (χ0v) is 95.7. The van der Waals surface area contributed by atoms with E-state index in [0.717, 1.165) is 120 Å². The minimum Gasteiger partial charge on any atom is -0.393 e. The summed E-state index contributed by atoms with van der Waals surface area (Å²) in [7, 11) is 8.16. The molecule has 1 aromatic rings. The summed E-state index contributed by atoms with van der Waals surface area (Å²) in [5.41, 5.74) is 2.02. The number of carbonyl (C=O) groups is 3. The summed E-state index contributed by atoms with van der Waals surface area (Å²) in [5, 5.41) is 5.59. The molecular formula is C131H233N5O6. The molecule has 1 aliphatic rings. The van der Waals surface area contributed by atoms with Gasteiger partial charge >= 0.3 is 0 Å². The molecule has 1 aromatic carbocycles. The lowest BCUT2D eigenvalue weighted by Crippen LogP contribution is -2.34. The molecule has 0 radical (unpaired) electrons. The van der Waals surface area contributed by atoms with Crippen LogP contribution in [-0.2, 0) is 19.3 Å². The second-order valence-corrected chi connectivity index (χ2v) is 41.5. The Morgan fingerprint density at radius 2 is 0.479 bits per heavy atom. The molecule has 0 bridgehead atoms. The second-order valence-electron chi connectivity index (χ2n) is 41.5. The Bertz CT molecular complexity index is 3060. The third-order valence-corrected chi connectivity index (χ3v) is 26.8. The second kappa shape index (κ2) is 117. The molecule has 2 amide bonds. The van der Waals surface area contributed by atoms with Gasteiger partial charge in [-0.1, -0.05) is 461 Å². The van der Waals surface area contributed by atoms with Gasteiger partial charge in [0.2, 0.25) is 0 Å². The van der Waals surface area contributed by atoms with E-state index in [1.54, 1.807) is 31.2 Å². The van der Waals surface area contributed by atoms with Crippen LogP contribution in [0.2, 0.25) is 0 Å². The highest BCUT2D eigenvalue weighted by atomic mass is 16.7. The van der Waals surface area contributed by atoms with E-state index >= 15 is 0 Å². The van der Waals surface area contributed by atoms with Gasteiger partial charge in [-0.05, 0) is 298 Å². The Morgan fingerprint density at radius 3 is 0.683 bits per heavy atom. The van der Waals surface area contributed by atoms with Crippen molar-refractivity contribution in [3.63, 3.8) is 0 Å². The number of oxime groups is 1. The number of allylic oxidation sites excluding steroid dienone is 24. The molecule has 2 rings (SSSR count). The van der Waals surface area contributed by atoms with E-state index in [0.29, 0.717) is 17.5 Å². The van der Waals surface area contributed by atoms with Crippen LogP contribution in [0.4, 0.5) is 0 Å². The maximum atomic E-state index is 13.0. The van der Waals surface area contributed by atoms with Crippen molar-refractivity contribution >= 4 is 23.3 Å². The zero-order valence-electron chi connectivity index (χ0n) is 95.7. The van der Waals surface area contributed by atoms with Crippen LogP contribution in [0.15, 0.2) is 175 Å². The van der Waals surface area contributed by atoms with Crippen molar-refractivity contribution in [3.05, 3.63) is 181 Å². The fourth-order valence-electron chi connectivity index (χ4n) is 17.3. The minimum absolute atomic E-state index is 0.0983. The van der Waals surface area contributed by atoms with Crippen molar-refractivity contribution in [1.82, 2.24) is 14.9 Å². The lowest BCUT2D eigenvalue weighted by Gasteiger charge is -2.22. The number of rotatable bonds is 101. The minimum atomic E-state index is -0.320. The molecule has 11 heteroatoms. The third-order valence-electron chi connectivity index (χ3n) is 26.8. The van der Waals surface area contributed by atoms with E-state index in [-0.39, 0.29) is 35.9 Å². The first-order chi connectivity index (χ1) is 69.8. The van der Waals surface area contributed by atoms with Gasteiger partial charge in [-0.2, -0.15) is 0 Å². The van der Waals surface area contributed by atoms with Gasteiger partial charge < -0.3 is 19.5 Å². The molecule has 142 heavy (non-hydrogen) atoms. The largest absolute Gasteiger partial charge is 0.393 e. The highest BCUT2D eigenvalue weighted by Gasteiger charge is 2.38. The molecule has 0 aromatic heterocycles. The van der Waals surface area contributed by atoms with Crippen LogP contribution in [-0.4, -0.2) is 97.8 Å². The average Bonchev–Trinajstić information content (AvgIpc) is 1.64. The van der Waals surface area contributed by atoms with E-state index in [9.17, 15) is 14.4 Å². The maximum Gasteiger partial charge on any atom is 0.285 e. The highest BCUT2D eigenvalue weighted by molar-refractivity contribution is 6.20. The number of hydrogen-bond acceptors (Lipinski definition) is 10. The van der Waals surface area contributed by atoms with Gasteiger partial charge in [0.15, 0.2) is 0 Å². The van der Waals surface area contributed by atoms with Gasteiger partial charge in [-0.25, -0.2) is 5.90 Å². The average molecular weight is 1970 g/mol. The monoisotopic (exact) mass is 1970 g/mol. The Kier molecular flexibility index (Phi) is 114. The van der Waals surface area contributed by atoms with E-state index in [1.807, 2.05) is 19.0 Å². The number of nitrogens with zero attached hydrogens (tertiary/aromatic N) is 4. The summed E-state index contributed by atoms with van der Waals surface area (Å²) in [4.78, 5) is 58.0. The molecule has 0 saturated carbocycles. The topological polar surface area (TPSA) is 127 Å². The number of hydrogen-bond donors (Lipinski definition) is 1. The first-order valence-electron chi connectivity index (χ1n) is 60.5. The zero-order chi connectivity index (χ0) is 104. The molecule has 818 valence electrons. The fraction of sp³-hybridized carbons (Fsp3) is 0.740. The number of Topliss-reactive ketones (excluding diaryl/α,β-unsaturated/α-hetero) is 1. The molecular weight excluding hydrogens is 1740 g/mol. The Hall–Kier alpha value is -5.82. The van der Waals surface area contributed by atoms with Crippen LogP contribution >= 0.6 is 0 Å². The predicted octanol–water partition coefficient (Wildman–Crippen LogP) is 41.3. The smallest absolute Gasteiger partial charge is 0.285 e. The van der Waals surface area contributed by atoms with Crippen molar-refractivity contribution in [2.24, 2.45) is 11.1 Å². The molecule has 0 fully saturated rings. The molecule has 1 heterocycles. The predicted molar refractivity (Wildman–Crippen MR) is 630 cm³/mol. The highest BCUT2D eigenvalue weighted by Crippen LogP contribution is 2.28. The summed E-state index contributed by atoms with van der Waals surface area (Å²) in [6.07, 6.45) is 156. The van der Waals surface area contributed by atoms with Gasteiger partial charge in [0.1, 0.15) is 11.9 Å². The van der Waals surface area contributed by atoms with E-state index in [2.05, 4.69) is 218 Å². The standard InChI is InChI=1S/C45H71NO3.C43H80N2O.C37H69NO.C6H13NO/c1-3-5-7-9-11-13-15-17-19-21-23-25-27-29-31-33-37-41(49-46-44(47)42-39-35-36-40-43(42)45(46)48)38-34-32-30-28-26-24-22-20-18-16-14-12-10-8-6-4-2;1-6-8-10-12-14-16-18-20-22-24-26-28-30-32-34-36-38-43(46-44-42(3)40-41-45(4)5)39-37-35-33-31-29-27-25-23-21-19-17-15-13-11-9-7-2;1-3-5-7-9-11-13-15-17-19-21-23-25-27-29-31-33-35-37(39-38)36-34-32-30-28-26-24-22-20-18-16-14-12-10-8-6-4-2;1-6(8)4-5-7(2)3/h11-14,17-20,35-36,39-41H,3-10,15-16,21-34,37-38H2,1-2H3;14-17,20-23,43H,6-13,18-19,24-41H2,1-5H3;11-14,17-20,37H,3-10,15-16,21-36,38H2,1-2H3;4-5H2,1-3H3/b13-11-,14-12-,19-17-,20-18-;16-14-,17-15-,22-20-,23-21-,44-42?;13-11-,14-12-,19-17-,20-18-;. The molecule has 0 atom stereocenters. The van der Waals surface area contributed by atoms with Gasteiger partial charge in [0.25, 0.3) is 11.8 Å². The van der Waals surface area contributed by atoms with Crippen LogP contribution in [0.3, 0.4) is 0 Å². The number of ketones is 1. The molecule has 1 aliphatic heterocycles. The summed E-state index contributed by atoms with van der Waals surface area (Å²) in [6.45, 7) is 19.2. The summed E-state index contributed by atoms with van der Waals surface area (Å²) >= 11 is 0. The SMILES string of the molecule is CC(=O)CCN(C)C.CCCCC/C=C\C/C=C\CCCCCCCCC(CCCCCCCC/C=C\C/C=C\CCCCC)ON.CCCCC/C=C\C/C=C\CCCCCCCCC(CCCCCCCC/C=C\C/C=C\CCCCC)ON1C(=O)c2ccccc2C1=O.CCCCC/C=C\C/C=C\CCCCCCCCC(CCCCCCCC/C=C\C/C=C\CCCCC)ON=C(C)CCN(C)C. The molecule has 2 N–H and O–H groups in total. The number of benzene rings is 1. The van der Waals surface area contributed by atoms with Crippen molar-refractivity contribution in [1.29, 1.82) is 0 Å². The number of amides is 2. The first-order valence-corrected chi connectivity index (χ1v) is 60.5. The lowest BCUT2D eigenvalue weighted by atomic mass is 10.0. The number of imide groups is 1. The molecule has 11 nitrogen and oxygen atoms in total. The van der Waals surface area contributed by atoms with Gasteiger partial charge in [-0.15, -0.1) is 5.06 Å². The van der Waals surface area contributed by atoms with Crippen LogP contribution in [0.25, 0.3) is 0 Å². The maximum absolute atomic E-state index is 13.0. The van der Waals surface area contributed by atoms with Crippen LogP contribution < -0.4 is 5.90 Å². The third kappa shape index (κ3) is 106. The van der Waals surface area contributed by atoms with Crippen molar-refractivity contribution in [2.75, 3.05) is 41.3 Å². The fourth-order valence-corrected chi connectivity index (χ4v) is 17.3. The summed E-state index contributed by atoms with van der Waals surface area (Å²) in [6, 6.07) is 7.05. The van der Waals surface area contributed by atoms with E-state index in [4.69, 9.17) is 20.4 Å². The number of unbranched alkanes of at least 4 members (excludes halogenated alkanes) is 54. The Morgan fingerprint density at radius 1 is 0.282 bits per heavy atom. The molecule has 0 unspecified atom stereocenters. The summed E-state index contributed by atoms with van der Waals surface area (Å²) in [5.74, 6) is 5.21. The van der Waals surface area contributed by atoms with Crippen molar-refractivity contribution in [2.45, 2.75) is 587 Å². The molecule has 0 aliphatic carbocycles.